The van der Waals surface area contributed by atoms with Gasteiger partial charge in [0.25, 0.3) is 0 Å². The highest BCUT2D eigenvalue weighted by Gasteiger charge is 2.10. The third-order valence-electron chi connectivity index (χ3n) is 3.38. The van der Waals surface area contributed by atoms with Gasteiger partial charge in [-0.2, -0.15) is 0 Å². The van der Waals surface area contributed by atoms with Crippen molar-refractivity contribution in [3.63, 3.8) is 0 Å². The number of rotatable bonds is 5. The van der Waals surface area contributed by atoms with Crippen molar-refractivity contribution in [3.05, 3.63) is 47.2 Å². The molecule has 0 spiro atoms. The molecule has 25 heavy (non-hydrogen) atoms. The van der Waals surface area contributed by atoms with E-state index in [1.54, 1.807) is 29.7 Å². The SMILES string of the molecule is Cc1nc(C)c(-c2ccnc(Nc3cccc(NC(=O)CN)c3)n2)s1. The molecule has 2 heterocycles. The lowest BCUT2D eigenvalue weighted by molar-refractivity contribution is -0.114. The second kappa shape index (κ2) is 7.37. The first-order chi connectivity index (χ1) is 12.0. The second-order valence-corrected chi connectivity index (χ2v) is 6.57. The van der Waals surface area contributed by atoms with Gasteiger partial charge in [0.1, 0.15) is 0 Å². The van der Waals surface area contributed by atoms with Crippen LogP contribution in [0, 0.1) is 13.8 Å². The van der Waals surface area contributed by atoms with Gasteiger partial charge in [0.15, 0.2) is 0 Å². The summed E-state index contributed by atoms with van der Waals surface area (Å²) in [5, 5.41) is 6.87. The summed E-state index contributed by atoms with van der Waals surface area (Å²) in [6.07, 6.45) is 1.71. The average molecular weight is 354 g/mol. The van der Waals surface area contributed by atoms with Crippen LogP contribution >= 0.6 is 11.3 Å². The molecule has 0 aliphatic heterocycles. The fourth-order valence-corrected chi connectivity index (χ4v) is 3.22. The van der Waals surface area contributed by atoms with Crippen LogP contribution in [0.2, 0.25) is 0 Å². The molecule has 1 amide bonds. The van der Waals surface area contributed by atoms with E-state index in [0.29, 0.717) is 11.6 Å². The predicted octanol–water partition coefficient (Wildman–Crippen LogP) is 2.86. The molecule has 3 rings (SSSR count). The molecule has 2 aromatic heterocycles. The fourth-order valence-electron chi connectivity index (χ4n) is 2.33. The molecule has 0 aliphatic carbocycles. The molecule has 3 aromatic rings. The Balaban J connectivity index is 1.82. The van der Waals surface area contributed by atoms with E-state index in [1.165, 1.54) is 0 Å². The molecule has 4 N–H and O–H groups in total. The van der Waals surface area contributed by atoms with Crippen LogP contribution in [0.25, 0.3) is 10.6 Å². The Labute approximate surface area is 149 Å². The Kier molecular flexibility index (Phi) is 5.01. The maximum absolute atomic E-state index is 11.4. The third-order valence-corrected chi connectivity index (χ3v) is 4.47. The lowest BCUT2D eigenvalue weighted by atomic mass is 10.2. The summed E-state index contributed by atoms with van der Waals surface area (Å²) < 4.78 is 0. The summed E-state index contributed by atoms with van der Waals surface area (Å²) >= 11 is 1.61. The predicted molar refractivity (Wildman–Crippen MR) is 100 cm³/mol. The molecule has 0 saturated heterocycles. The number of amides is 1. The van der Waals surface area contributed by atoms with Crippen molar-refractivity contribution < 1.29 is 4.79 Å². The molecule has 0 radical (unpaired) electrons. The van der Waals surface area contributed by atoms with Crippen LogP contribution in [-0.2, 0) is 4.79 Å². The van der Waals surface area contributed by atoms with E-state index in [2.05, 4.69) is 25.6 Å². The minimum atomic E-state index is -0.244. The zero-order valence-electron chi connectivity index (χ0n) is 13.9. The van der Waals surface area contributed by atoms with Crippen molar-refractivity contribution in [2.45, 2.75) is 13.8 Å². The van der Waals surface area contributed by atoms with Gasteiger partial charge < -0.3 is 16.4 Å². The molecule has 1 aromatic carbocycles. The van der Waals surface area contributed by atoms with Gasteiger partial charge in [0.2, 0.25) is 11.9 Å². The van der Waals surface area contributed by atoms with Gasteiger partial charge >= 0.3 is 0 Å². The summed E-state index contributed by atoms with van der Waals surface area (Å²) in [5.41, 5.74) is 8.53. The third kappa shape index (κ3) is 4.17. The zero-order chi connectivity index (χ0) is 17.8. The standard InChI is InChI=1S/C17H18N6OS/c1-10-16(25-11(2)20-10)14-6-7-19-17(23-14)22-13-5-3-4-12(8-13)21-15(24)9-18/h3-8H,9,18H2,1-2H3,(H,21,24)(H,19,22,23). The van der Waals surface area contributed by atoms with E-state index in [1.807, 2.05) is 32.0 Å². The van der Waals surface area contributed by atoms with Gasteiger partial charge in [-0.15, -0.1) is 11.3 Å². The van der Waals surface area contributed by atoms with Crippen LogP contribution < -0.4 is 16.4 Å². The smallest absolute Gasteiger partial charge is 0.238 e. The molecule has 0 aliphatic rings. The number of nitrogens with one attached hydrogen (secondary N) is 2. The van der Waals surface area contributed by atoms with Crippen molar-refractivity contribution in [2.75, 3.05) is 17.2 Å². The van der Waals surface area contributed by atoms with E-state index in [9.17, 15) is 4.79 Å². The van der Waals surface area contributed by atoms with Gasteiger partial charge in [0, 0.05) is 17.6 Å². The minimum Gasteiger partial charge on any atom is -0.325 e. The largest absolute Gasteiger partial charge is 0.325 e. The molecular weight excluding hydrogens is 336 g/mol. The van der Waals surface area contributed by atoms with Crippen LogP contribution in [0.5, 0.6) is 0 Å². The van der Waals surface area contributed by atoms with Crippen molar-refractivity contribution in [1.82, 2.24) is 15.0 Å². The van der Waals surface area contributed by atoms with Crippen molar-refractivity contribution in [1.29, 1.82) is 0 Å². The van der Waals surface area contributed by atoms with Crippen LogP contribution in [0.1, 0.15) is 10.7 Å². The van der Waals surface area contributed by atoms with Crippen LogP contribution in [0.4, 0.5) is 17.3 Å². The maximum atomic E-state index is 11.4. The molecule has 0 saturated carbocycles. The van der Waals surface area contributed by atoms with E-state index >= 15 is 0 Å². The number of benzene rings is 1. The molecule has 8 heteroatoms. The first-order valence-corrected chi connectivity index (χ1v) is 8.51. The number of aryl methyl sites for hydroxylation is 2. The quantitative estimate of drug-likeness (QED) is 0.650. The Morgan fingerprint density at radius 2 is 2.00 bits per heavy atom. The van der Waals surface area contributed by atoms with E-state index in [0.717, 1.165) is 27.0 Å². The average Bonchev–Trinajstić information content (AvgIpc) is 2.94. The van der Waals surface area contributed by atoms with Gasteiger partial charge in [-0.05, 0) is 38.1 Å². The summed E-state index contributed by atoms with van der Waals surface area (Å²) in [6, 6.07) is 9.15. The lowest BCUT2D eigenvalue weighted by Crippen LogP contribution is -2.21. The van der Waals surface area contributed by atoms with E-state index in [-0.39, 0.29) is 12.5 Å². The molecule has 7 nitrogen and oxygen atoms in total. The highest BCUT2D eigenvalue weighted by Crippen LogP contribution is 2.29. The Morgan fingerprint density at radius 3 is 2.72 bits per heavy atom. The highest BCUT2D eigenvalue weighted by atomic mass is 32.1. The minimum absolute atomic E-state index is 0.0591. The Bertz CT molecular complexity index is 908. The van der Waals surface area contributed by atoms with Gasteiger partial charge in [0.05, 0.1) is 27.8 Å². The van der Waals surface area contributed by atoms with Crippen LogP contribution in [0.15, 0.2) is 36.5 Å². The van der Waals surface area contributed by atoms with Crippen molar-refractivity contribution >= 4 is 34.6 Å². The Morgan fingerprint density at radius 1 is 1.20 bits per heavy atom. The second-order valence-electron chi connectivity index (χ2n) is 5.37. The number of nitrogens with zero attached hydrogens (tertiary/aromatic N) is 3. The topological polar surface area (TPSA) is 106 Å². The molecule has 128 valence electrons. The number of nitrogens with two attached hydrogens (primary N) is 1. The number of carbonyl (C=O) groups is 1. The first-order valence-electron chi connectivity index (χ1n) is 7.69. The van der Waals surface area contributed by atoms with Gasteiger partial charge in [-0.1, -0.05) is 6.07 Å². The molecule has 0 bridgehead atoms. The zero-order valence-corrected chi connectivity index (χ0v) is 14.7. The normalized spacial score (nSPS) is 10.5. The fraction of sp³-hybridized carbons (Fsp3) is 0.176. The summed E-state index contributed by atoms with van der Waals surface area (Å²) in [6.45, 7) is 3.89. The van der Waals surface area contributed by atoms with Gasteiger partial charge in [-0.3, -0.25) is 4.79 Å². The highest BCUT2D eigenvalue weighted by molar-refractivity contribution is 7.15. The monoisotopic (exact) mass is 354 g/mol. The molecule has 0 atom stereocenters. The molecule has 0 unspecified atom stereocenters. The van der Waals surface area contributed by atoms with E-state index < -0.39 is 0 Å². The van der Waals surface area contributed by atoms with Crippen LogP contribution in [-0.4, -0.2) is 27.4 Å². The lowest BCUT2D eigenvalue weighted by Gasteiger charge is -2.09. The summed E-state index contributed by atoms with van der Waals surface area (Å²) in [4.78, 5) is 25.7. The van der Waals surface area contributed by atoms with Crippen LogP contribution in [0.3, 0.4) is 0 Å². The Hall–Kier alpha value is -2.84. The number of carbonyl (C=O) groups excluding carboxylic acids is 1. The number of hydrogen-bond donors (Lipinski definition) is 3. The number of aromatic nitrogens is 3. The molecule has 0 fully saturated rings. The first kappa shape index (κ1) is 17.0. The van der Waals surface area contributed by atoms with E-state index in [4.69, 9.17) is 5.73 Å². The number of anilines is 3. The maximum Gasteiger partial charge on any atom is 0.238 e. The van der Waals surface area contributed by atoms with Crippen molar-refractivity contribution in [2.24, 2.45) is 5.73 Å². The number of hydrogen-bond acceptors (Lipinski definition) is 7. The summed E-state index contributed by atoms with van der Waals surface area (Å²) in [5.74, 6) is 0.233. The van der Waals surface area contributed by atoms with Gasteiger partial charge in [-0.25, -0.2) is 15.0 Å². The van der Waals surface area contributed by atoms with Crippen molar-refractivity contribution in [3.8, 4) is 10.6 Å². The summed E-state index contributed by atoms with van der Waals surface area (Å²) in [7, 11) is 0. The molecular formula is C17H18N6OS. The number of thiazole rings is 1.